The van der Waals surface area contributed by atoms with E-state index in [2.05, 4.69) is 38.3 Å². The molecular weight excluding hydrogens is 298 g/mol. The Morgan fingerprint density at radius 1 is 1.24 bits per heavy atom. The van der Waals surface area contributed by atoms with Crippen molar-refractivity contribution in [3.8, 4) is 0 Å². The highest BCUT2D eigenvalue weighted by molar-refractivity contribution is 7.83. The van der Waals surface area contributed by atoms with E-state index >= 15 is 0 Å². The van der Waals surface area contributed by atoms with E-state index in [1.165, 1.54) is 0 Å². The second-order valence-corrected chi connectivity index (χ2v) is 12.8. The summed E-state index contributed by atoms with van der Waals surface area (Å²) in [5.74, 6) is 0. The Morgan fingerprint density at radius 3 is 2.24 bits per heavy atom. The van der Waals surface area contributed by atoms with Gasteiger partial charge in [0.15, 0.2) is 19.3 Å². The zero-order valence-corrected chi connectivity index (χ0v) is 16.0. The Bertz CT molecular complexity index is 518. The average molecular weight is 326 g/mol. The van der Waals surface area contributed by atoms with Gasteiger partial charge in [-0.05, 0) is 44.1 Å². The van der Waals surface area contributed by atoms with Gasteiger partial charge in [-0.25, -0.2) is 4.21 Å². The van der Waals surface area contributed by atoms with Crippen molar-refractivity contribution in [3.05, 3.63) is 29.8 Å². The van der Waals surface area contributed by atoms with E-state index in [4.69, 9.17) is 4.43 Å². The minimum atomic E-state index is -1.82. The molecule has 0 heterocycles. The first-order chi connectivity index (χ1) is 9.53. The monoisotopic (exact) mass is 325 g/mol. The van der Waals surface area contributed by atoms with Crippen LogP contribution in [0.4, 0.5) is 0 Å². The number of hydrogen-bond donors (Lipinski definition) is 0. The van der Waals surface area contributed by atoms with Gasteiger partial charge in [0.2, 0.25) is 0 Å². The van der Waals surface area contributed by atoms with Gasteiger partial charge in [-0.1, -0.05) is 38.5 Å². The molecule has 2 atom stereocenters. The lowest BCUT2D eigenvalue weighted by atomic mass is 10.2. The molecule has 0 amide bonds. The van der Waals surface area contributed by atoms with Crippen LogP contribution >= 0.6 is 0 Å². The molecule has 0 aromatic heterocycles. The van der Waals surface area contributed by atoms with Gasteiger partial charge < -0.3 is 4.43 Å². The van der Waals surface area contributed by atoms with E-state index in [1.807, 2.05) is 38.1 Å². The summed E-state index contributed by atoms with van der Waals surface area (Å²) in [7, 11) is -3.17. The van der Waals surface area contributed by atoms with E-state index < -0.39 is 19.3 Å². The second kappa shape index (κ2) is 6.98. The molecule has 0 aliphatic heterocycles. The zero-order chi connectivity index (χ0) is 16.3. The van der Waals surface area contributed by atoms with Gasteiger partial charge in [0.05, 0.1) is 11.0 Å². The van der Waals surface area contributed by atoms with Crippen molar-refractivity contribution in [1.82, 2.24) is 0 Å². The second-order valence-electron chi connectivity index (χ2n) is 6.90. The van der Waals surface area contributed by atoms with Crippen LogP contribution in [0.1, 0.15) is 33.3 Å². The van der Waals surface area contributed by atoms with Gasteiger partial charge >= 0.3 is 0 Å². The molecule has 1 aromatic rings. The summed E-state index contributed by atoms with van der Waals surface area (Å²) >= 11 is 0. The third-order valence-corrected chi connectivity index (χ3v) is 9.44. The van der Waals surface area contributed by atoms with Crippen LogP contribution in [-0.2, 0) is 15.4 Å². The van der Waals surface area contributed by atoms with Crippen molar-refractivity contribution in [2.45, 2.75) is 63.8 Å². The van der Waals surface area contributed by atoms with E-state index in [0.717, 1.165) is 10.5 Å². The highest BCUT2D eigenvalue weighted by Crippen LogP contribution is 2.37. The SMILES string of the molecule is Cc1ccc(S(=O)/N=C/[C@H](C)O[Si](C)(C)C(C)(C)C)cc1. The fourth-order valence-corrected chi connectivity index (χ4v) is 3.64. The molecule has 1 rings (SSSR count). The molecule has 0 fully saturated rings. The topological polar surface area (TPSA) is 38.7 Å². The smallest absolute Gasteiger partial charge is 0.192 e. The molecule has 0 bridgehead atoms. The van der Waals surface area contributed by atoms with Crippen molar-refractivity contribution in [2.75, 3.05) is 0 Å². The lowest BCUT2D eigenvalue weighted by Gasteiger charge is -2.37. The van der Waals surface area contributed by atoms with Crippen LogP contribution in [0, 0.1) is 6.92 Å². The summed E-state index contributed by atoms with van der Waals surface area (Å²) in [6, 6.07) is 7.58. The van der Waals surface area contributed by atoms with Crippen molar-refractivity contribution in [1.29, 1.82) is 0 Å². The molecule has 21 heavy (non-hydrogen) atoms. The van der Waals surface area contributed by atoms with Gasteiger partial charge in [0.25, 0.3) is 0 Å². The molecule has 5 heteroatoms. The summed E-state index contributed by atoms with van der Waals surface area (Å²) in [6.45, 7) is 15.0. The molecule has 118 valence electrons. The highest BCUT2D eigenvalue weighted by atomic mass is 32.2. The maximum Gasteiger partial charge on any atom is 0.192 e. The first-order valence-electron chi connectivity index (χ1n) is 7.23. The predicted octanol–water partition coefficient (Wildman–Crippen LogP) is 4.50. The first-order valence-corrected chi connectivity index (χ1v) is 11.2. The van der Waals surface area contributed by atoms with Gasteiger partial charge in [0.1, 0.15) is 0 Å². The molecule has 0 spiro atoms. The Labute approximate surface area is 132 Å². The van der Waals surface area contributed by atoms with Gasteiger partial charge in [-0.15, -0.1) is 0 Å². The van der Waals surface area contributed by atoms with Gasteiger partial charge in [-0.2, -0.15) is 4.40 Å². The maximum absolute atomic E-state index is 12.1. The normalized spacial score (nSPS) is 16.1. The third-order valence-electron chi connectivity index (χ3n) is 3.88. The van der Waals surface area contributed by atoms with E-state index in [0.29, 0.717) is 0 Å². The van der Waals surface area contributed by atoms with Crippen LogP contribution in [0.2, 0.25) is 18.1 Å². The predicted molar refractivity (Wildman–Crippen MR) is 93.8 cm³/mol. The van der Waals surface area contributed by atoms with Crippen LogP contribution in [0.25, 0.3) is 0 Å². The lowest BCUT2D eigenvalue weighted by molar-refractivity contribution is 0.264. The summed E-state index contributed by atoms with van der Waals surface area (Å²) in [5.41, 5.74) is 1.15. The molecule has 0 aliphatic carbocycles. The van der Waals surface area contributed by atoms with E-state index in [1.54, 1.807) is 6.21 Å². The van der Waals surface area contributed by atoms with Crippen LogP contribution in [0.5, 0.6) is 0 Å². The third kappa shape index (κ3) is 5.49. The largest absolute Gasteiger partial charge is 0.409 e. The van der Waals surface area contributed by atoms with E-state index in [9.17, 15) is 4.21 Å². The van der Waals surface area contributed by atoms with Crippen LogP contribution in [0.3, 0.4) is 0 Å². The van der Waals surface area contributed by atoms with Gasteiger partial charge in [-0.3, -0.25) is 0 Å². The molecule has 3 nitrogen and oxygen atoms in total. The average Bonchev–Trinajstić information content (AvgIpc) is 2.35. The standard InChI is InChI=1S/C16H27NO2SSi/c1-13-8-10-15(11-9-13)20(18)17-12-14(2)19-21(6,7)16(3,4)5/h8-12,14H,1-7H3/b17-12+/t14-,20?/m0/s1. The Morgan fingerprint density at radius 2 is 1.76 bits per heavy atom. The minimum Gasteiger partial charge on any atom is -0.409 e. The number of rotatable bonds is 5. The number of benzene rings is 1. The van der Waals surface area contributed by atoms with Crippen LogP contribution in [-0.4, -0.2) is 24.8 Å². The molecule has 0 N–H and O–H groups in total. The molecule has 0 aliphatic rings. The molecular formula is C16H27NO2SSi. The summed E-state index contributed by atoms with van der Waals surface area (Å²) in [5, 5.41) is 0.158. The maximum atomic E-state index is 12.1. The summed E-state index contributed by atoms with van der Waals surface area (Å²) < 4.78 is 22.4. The zero-order valence-electron chi connectivity index (χ0n) is 14.1. The molecule has 1 unspecified atom stereocenters. The summed E-state index contributed by atoms with van der Waals surface area (Å²) in [4.78, 5) is 0.719. The quantitative estimate of drug-likeness (QED) is 0.590. The van der Waals surface area contributed by atoms with Crippen LogP contribution in [0.15, 0.2) is 33.6 Å². The van der Waals surface area contributed by atoms with Crippen molar-refractivity contribution in [2.24, 2.45) is 4.40 Å². The van der Waals surface area contributed by atoms with Crippen molar-refractivity contribution >= 4 is 25.5 Å². The highest BCUT2D eigenvalue weighted by Gasteiger charge is 2.38. The van der Waals surface area contributed by atoms with Gasteiger partial charge in [0, 0.05) is 6.21 Å². The fraction of sp³-hybridized carbons (Fsp3) is 0.562. The first kappa shape index (κ1) is 18.3. The van der Waals surface area contributed by atoms with Crippen molar-refractivity contribution in [3.63, 3.8) is 0 Å². The molecule has 0 radical (unpaired) electrons. The van der Waals surface area contributed by atoms with Crippen LogP contribution < -0.4 is 0 Å². The Balaban J connectivity index is 2.68. The Hall–Kier alpha value is -0.783. The minimum absolute atomic E-state index is 0.125. The summed E-state index contributed by atoms with van der Waals surface area (Å²) in [6.07, 6.45) is 1.54. The fourth-order valence-electron chi connectivity index (χ4n) is 1.53. The lowest BCUT2D eigenvalue weighted by Crippen LogP contribution is -2.43. The van der Waals surface area contributed by atoms with Crippen molar-refractivity contribution < 1.29 is 8.63 Å². The molecule has 0 saturated carbocycles. The Kier molecular flexibility index (Phi) is 6.08. The molecule has 0 saturated heterocycles. The number of hydrogen-bond acceptors (Lipinski definition) is 2. The van der Waals surface area contributed by atoms with E-state index in [-0.39, 0.29) is 11.1 Å². The number of aryl methyl sites for hydroxylation is 1. The number of nitrogens with zero attached hydrogens (tertiary/aromatic N) is 1. The molecule has 1 aromatic carbocycles.